The zero-order valence-electron chi connectivity index (χ0n) is 13.1. The van der Waals surface area contributed by atoms with E-state index in [4.69, 9.17) is 4.98 Å². The standard InChI is InChI=1S/C18H17N5/c1-3-13-9-10-15-16(11-13)23-12-19-21-18(23)20-17(15)22(2)14-7-5-4-6-8-14/h4-12H,3H2,1-2H3. The molecule has 0 fully saturated rings. The number of hydrogen-bond donors (Lipinski definition) is 0. The summed E-state index contributed by atoms with van der Waals surface area (Å²) in [6.07, 6.45) is 2.71. The maximum absolute atomic E-state index is 4.71. The summed E-state index contributed by atoms with van der Waals surface area (Å²) >= 11 is 0. The molecule has 2 heterocycles. The van der Waals surface area contributed by atoms with Crippen LogP contribution in [0.5, 0.6) is 0 Å². The Morgan fingerprint density at radius 3 is 2.70 bits per heavy atom. The molecule has 4 rings (SSSR count). The van der Waals surface area contributed by atoms with Crippen molar-refractivity contribution in [1.82, 2.24) is 19.6 Å². The highest BCUT2D eigenvalue weighted by Gasteiger charge is 2.14. The third-order valence-corrected chi connectivity index (χ3v) is 4.17. The Kier molecular flexibility index (Phi) is 3.19. The van der Waals surface area contributed by atoms with E-state index in [9.17, 15) is 0 Å². The van der Waals surface area contributed by atoms with Crippen LogP contribution in [0.3, 0.4) is 0 Å². The molecule has 2 aromatic carbocycles. The van der Waals surface area contributed by atoms with Gasteiger partial charge in [-0.25, -0.2) is 0 Å². The average molecular weight is 303 g/mol. The van der Waals surface area contributed by atoms with Gasteiger partial charge in [-0.3, -0.25) is 4.40 Å². The zero-order valence-corrected chi connectivity index (χ0v) is 13.1. The molecule has 23 heavy (non-hydrogen) atoms. The number of nitrogens with zero attached hydrogens (tertiary/aromatic N) is 5. The molecule has 0 N–H and O–H groups in total. The Morgan fingerprint density at radius 2 is 1.91 bits per heavy atom. The van der Waals surface area contributed by atoms with Gasteiger partial charge in [-0.1, -0.05) is 31.2 Å². The minimum atomic E-state index is 0.614. The van der Waals surface area contributed by atoms with Gasteiger partial charge < -0.3 is 4.90 Å². The van der Waals surface area contributed by atoms with Gasteiger partial charge in [0.15, 0.2) is 0 Å². The van der Waals surface area contributed by atoms with E-state index >= 15 is 0 Å². The largest absolute Gasteiger partial charge is 0.329 e. The molecule has 0 radical (unpaired) electrons. The van der Waals surface area contributed by atoms with Crippen LogP contribution in [0.2, 0.25) is 0 Å². The Labute approximate surface area is 134 Å². The second-order valence-corrected chi connectivity index (χ2v) is 5.54. The van der Waals surface area contributed by atoms with E-state index in [-0.39, 0.29) is 0 Å². The summed E-state index contributed by atoms with van der Waals surface area (Å²) in [5.74, 6) is 1.50. The minimum absolute atomic E-state index is 0.614. The van der Waals surface area contributed by atoms with E-state index in [2.05, 4.69) is 52.4 Å². The van der Waals surface area contributed by atoms with Gasteiger partial charge in [0.05, 0.1) is 5.52 Å². The maximum Gasteiger partial charge on any atom is 0.257 e. The van der Waals surface area contributed by atoms with Crippen LogP contribution in [0.15, 0.2) is 54.9 Å². The number of hydrogen-bond acceptors (Lipinski definition) is 4. The molecule has 0 saturated carbocycles. The van der Waals surface area contributed by atoms with Gasteiger partial charge in [0.2, 0.25) is 0 Å². The molecule has 0 amide bonds. The predicted molar refractivity (Wildman–Crippen MR) is 92.2 cm³/mol. The predicted octanol–water partition coefficient (Wildman–Crippen LogP) is 3.61. The second-order valence-electron chi connectivity index (χ2n) is 5.54. The van der Waals surface area contributed by atoms with E-state index in [1.165, 1.54) is 5.56 Å². The van der Waals surface area contributed by atoms with E-state index in [0.29, 0.717) is 5.78 Å². The fourth-order valence-electron chi connectivity index (χ4n) is 2.85. The van der Waals surface area contributed by atoms with Crippen LogP contribution in [0, 0.1) is 0 Å². The number of aromatic nitrogens is 4. The maximum atomic E-state index is 4.71. The third-order valence-electron chi connectivity index (χ3n) is 4.17. The highest BCUT2D eigenvalue weighted by atomic mass is 15.3. The molecule has 0 bridgehead atoms. The normalized spacial score (nSPS) is 11.2. The lowest BCUT2D eigenvalue weighted by Crippen LogP contribution is -2.13. The van der Waals surface area contributed by atoms with Crippen LogP contribution < -0.4 is 4.90 Å². The van der Waals surface area contributed by atoms with Gasteiger partial charge in [-0.05, 0) is 36.2 Å². The topological polar surface area (TPSA) is 46.3 Å². The van der Waals surface area contributed by atoms with Crippen molar-refractivity contribution < 1.29 is 0 Å². The van der Waals surface area contributed by atoms with Gasteiger partial charge in [-0.15, -0.1) is 10.2 Å². The number of aryl methyl sites for hydroxylation is 1. The molecule has 0 unspecified atom stereocenters. The van der Waals surface area contributed by atoms with Crippen LogP contribution in [-0.4, -0.2) is 26.6 Å². The van der Waals surface area contributed by atoms with Crippen LogP contribution >= 0.6 is 0 Å². The first-order valence-corrected chi connectivity index (χ1v) is 7.69. The lowest BCUT2D eigenvalue weighted by Gasteiger charge is -2.20. The van der Waals surface area contributed by atoms with Crippen molar-refractivity contribution in [3.63, 3.8) is 0 Å². The van der Waals surface area contributed by atoms with Crippen molar-refractivity contribution in [2.75, 3.05) is 11.9 Å². The number of para-hydroxylation sites is 1. The van der Waals surface area contributed by atoms with Gasteiger partial charge >= 0.3 is 0 Å². The molecule has 0 aliphatic carbocycles. The average Bonchev–Trinajstić information content (AvgIpc) is 3.09. The molecule has 0 saturated heterocycles. The highest BCUT2D eigenvalue weighted by molar-refractivity contribution is 5.93. The highest BCUT2D eigenvalue weighted by Crippen LogP contribution is 2.30. The summed E-state index contributed by atoms with van der Waals surface area (Å²) in [6.45, 7) is 2.16. The summed E-state index contributed by atoms with van der Waals surface area (Å²) in [4.78, 5) is 6.80. The van der Waals surface area contributed by atoms with Crippen molar-refractivity contribution in [2.45, 2.75) is 13.3 Å². The van der Waals surface area contributed by atoms with Crippen LogP contribution in [0.1, 0.15) is 12.5 Å². The van der Waals surface area contributed by atoms with Gasteiger partial charge in [0.25, 0.3) is 5.78 Å². The van der Waals surface area contributed by atoms with Crippen molar-refractivity contribution in [2.24, 2.45) is 0 Å². The molecule has 4 aromatic rings. The molecule has 0 aliphatic rings. The van der Waals surface area contributed by atoms with Gasteiger partial charge in [0, 0.05) is 18.1 Å². The van der Waals surface area contributed by atoms with E-state index in [0.717, 1.165) is 28.8 Å². The summed E-state index contributed by atoms with van der Waals surface area (Å²) in [5.41, 5.74) is 3.45. The van der Waals surface area contributed by atoms with E-state index < -0.39 is 0 Å². The van der Waals surface area contributed by atoms with E-state index in [1.54, 1.807) is 6.33 Å². The molecule has 0 spiro atoms. The Bertz CT molecular complexity index is 975. The first-order valence-electron chi connectivity index (χ1n) is 7.69. The molecular formula is C18H17N5. The molecular weight excluding hydrogens is 286 g/mol. The van der Waals surface area contributed by atoms with E-state index in [1.807, 2.05) is 29.6 Å². The van der Waals surface area contributed by atoms with Gasteiger partial charge in [-0.2, -0.15) is 4.98 Å². The summed E-state index contributed by atoms with van der Waals surface area (Å²) in [7, 11) is 2.03. The summed E-state index contributed by atoms with van der Waals surface area (Å²) in [6, 6.07) is 16.7. The molecule has 0 aliphatic heterocycles. The van der Waals surface area contributed by atoms with Crippen molar-refractivity contribution in [1.29, 1.82) is 0 Å². The molecule has 114 valence electrons. The van der Waals surface area contributed by atoms with Crippen LogP contribution in [0.25, 0.3) is 16.7 Å². The van der Waals surface area contributed by atoms with Crippen LogP contribution in [0.4, 0.5) is 11.5 Å². The number of rotatable bonds is 3. The minimum Gasteiger partial charge on any atom is -0.329 e. The lowest BCUT2D eigenvalue weighted by molar-refractivity contribution is 1.08. The fraction of sp³-hybridized carbons (Fsp3) is 0.167. The molecule has 5 nitrogen and oxygen atoms in total. The zero-order chi connectivity index (χ0) is 15.8. The smallest absolute Gasteiger partial charge is 0.257 e. The lowest BCUT2D eigenvalue weighted by atomic mass is 10.1. The van der Waals surface area contributed by atoms with Gasteiger partial charge in [0.1, 0.15) is 12.1 Å². The molecule has 2 aromatic heterocycles. The molecule has 5 heteroatoms. The molecule has 0 atom stereocenters. The SMILES string of the molecule is CCc1ccc2c(N(C)c3ccccc3)nc3nncn3c2c1. The Hall–Kier alpha value is -2.95. The number of anilines is 2. The van der Waals surface area contributed by atoms with Crippen molar-refractivity contribution in [3.8, 4) is 0 Å². The Balaban J connectivity index is 2.01. The fourth-order valence-corrected chi connectivity index (χ4v) is 2.85. The van der Waals surface area contributed by atoms with Crippen LogP contribution in [-0.2, 0) is 6.42 Å². The first kappa shape index (κ1) is 13.7. The Morgan fingerprint density at radius 1 is 1.09 bits per heavy atom. The quantitative estimate of drug-likeness (QED) is 0.580. The van der Waals surface area contributed by atoms with Crippen molar-refractivity contribution in [3.05, 3.63) is 60.4 Å². The summed E-state index contributed by atoms with van der Waals surface area (Å²) in [5, 5.41) is 9.23. The monoisotopic (exact) mass is 303 g/mol. The third kappa shape index (κ3) is 2.21. The number of benzene rings is 2. The first-order chi connectivity index (χ1) is 11.3. The number of fused-ring (bicyclic) bond motifs is 3. The second kappa shape index (κ2) is 5.35. The summed E-state index contributed by atoms with van der Waals surface area (Å²) < 4.78 is 1.94. The van der Waals surface area contributed by atoms with Crippen molar-refractivity contribution >= 4 is 28.2 Å².